The maximum absolute atomic E-state index is 11.8. The molecular weight excluding hydrogens is 260 g/mol. The highest BCUT2D eigenvalue weighted by atomic mass is 16.6. The van der Waals surface area contributed by atoms with Crippen molar-refractivity contribution in [3.63, 3.8) is 0 Å². The first-order chi connectivity index (χ1) is 9.17. The monoisotopic (exact) mass is 280 g/mol. The lowest BCUT2D eigenvalue weighted by atomic mass is 10.0. The van der Waals surface area contributed by atoms with E-state index >= 15 is 0 Å². The van der Waals surface area contributed by atoms with E-state index in [-0.39, 0.29) is 22.6 Å². The van der Waals surface area contributed by atoms with Gasteiger partial charge in [-0.15, -0.1) is 0 Å². The van der Waals surface area contributed by atoms with E-state index in [1.54, 1.807) is 32.9 Å². The molecule has 0 aromatic heterocycles. The van der Waals surface area contributed by atoms with Crippen LogP contribution < -0.4 is 4.74 Å². The minimum atomic E-state index is -1.36. The van der Waals surface area contributed by atoms with Crippen LogP contribution in [0.5, 0.6) is 11.5 Å². The van der Waals surface area contributed by atoms with Crippen molar-refractivity contribution in [1.29, 1.82) is 0 Å². The zero-order valence-corrected chi connectivity index (χ0v) is 12.1. The largest absolute Gasteiger partial charge is 0.504 e. The number of benzene rings is 1. The Morgan fingerprint density at radius 2 is 1.95 bits per heavy atom. The van der Waals surface area contributed by atoms with Gasteiger partial charge in [0.15, 0.2) is 11.5 Å². The van der Waals surface area contributed by atoms with Gasteiger partial charge in [-0.05, 0) is 26.8 Å². The molecule has 1 aromatic carbocycles. The van der Waals surface area contributed by atoms with E-state index < -0.39 is 17.7 Å². The topological polar surface area (TPSA) is 76.0 Å². The third-order valence-corrected chi connectivity index (χ3v) is 2.54. The zero-order chi connectivity index (χ0) is 15.5. The Morgan fingerprint density at radius 3 is 2.45 bits per heavy atom. The lowest BCUT2D eigenvalue weighted by Crippen LogP contribution is -2.26. The highest BCUT2D eigenvalue weighted by Crippen LogP contribution is 2.36. The van der Waals surface area contributed by atoms with Crippen molar-refractivity contribution in [2.75, 3.05) is 7.11 Å². The molecule has 110 valence electrons. The molecular formula is C15H20O5. The number of hydrogen-bond acceptors (Lipinski definition) is 5. The van der Waals surface area contributed by atoms with Gasteiger partial charge in [0, 0.05) is 5.56 Å². The number of rotatable bonds is 4. The molecule has 0 spiro atoms. The van der Waals surface area contributed by atoms with Crippen LogP contribution in [0.4, 0.5) is 0 Å². The van der Waals surface area contributed by atoms with Crippen LogP contribution in [-0.2, 0) is 9.53 Å². The van der Waals surface area contributed by atoms with Crippen molar-refractivity contribution in [2.45, 2.75) is 32.5 Å². The lowest BCUT2D eigenvalue weighted by molar-refractivity contribution is -0.151. The van der Waals surface area contributed by atoms with E-state index in [0.29, 0.717) is 0 Å². The highest BCUT2D eigenvalue weighted by Gasteiger charge is 2.26. The van der Waals surface area contributed by atoms with Crippen LogP contribution in [0, 0.1) is 0 Å². The van der Waals surface area contributed by atoms with Gasteiger partial charge in [0.1, 0.15) is 11.7 Å². The van der Waals surface area contributed by atoms with E-state index in [0.717, 1.165) is 0 Å². The van der Waals surface area contributed by atoms with Crippen molar-refractivity contribution in [3.05, 3.63) is 35.9 Å². The molecule has 1 unspecified atom stereocenters. The molecule has 0 bridgehead atoms. The van der Waals surface area contributed by atoms with Gasteiger partial charge < -0.3 is 19.7 Å². The second-order valence-corrected chi connectivity index (χ2v) is 5.33. The Balaban J connectivity index is 2.98. The quantitative estimate of drug-likeness (QED) is 0.654. The van der Waals surface area contributed by atoms with Gasteiger partial charge in [0.05, 0.1) is 12.7 Å². The molecule has 0 aliphatic heterocycles. The third kappa shape index (κ3) is 3.74. The smallest absolute Gasteiger partial charge is 0.336 e. The normalized spacial score (nSPS) is 12.7. The van der Waals surface area contributed by atoms with Crippen molar-refractivity contribution in [1.82, 2.24) is 0 Å². The van der Waals surface area contributed by atoms with Gasteiger partial charge in [-0.25, -0.2) is 4.79 Å². The average molecular weight is 280 g/mol. The van der Waals surface area contributed by atoms with E-state index in [2.05, 4.69) is 6.58 Å². The van der Waals surface area contributed by atoms with Crippen LogP contribution in [0.25, 0.3) is 0 Å². The Morgan fingerprint density at radius 1 is 1.35 bits per heavy atom. The Kier molecular flexibility index (Phi) is 4.78. The van der Waals surface area contributed by atoms with Crippen LogP contribution in [0.1, 0.15) is 32.4 Å². The molecule has 5 nitrogen and oxygen atoms in total. The maximum Gasteiger partial charge on any atom is 0.336 e. The van der Waals surface area contributed by atoms with Gasteiger partial charge in [-0.1, -0.05) is 18.7 Å². The first-order valence-electron chi connectivity index (χ1n) is 6.13. The summed E-state index contributed by atoms with van der Waals surface area (Å²) in [5, 5.41) is 20.1. The van der Waals surface area contributed by atoms with Gasteiger partial charge in [-0.3, -0.25) is 0 Å². The summed E-state index contributed by atoms with van der Waals surface area (Å²) in [4.78, 5) is 11.8. The molecule has 1 aromatic rings. The van der Waals surface area contributed by atoms with Crippen molar-refractivity contribution in [3.8, 4) is 11.5 Å². The second kappa shape index (κ2) is 5.96. The fraction of sp³-hybridized carbons (Fsp3) is 0.400. The number of carbonyl (C=O) groups excluding carboxylic acids is 1. The molecule has 0 fully saturated rings. The molecule has 0 amide bonds. The predicted octanol–water partition coefficient (Wildman–Crippen LogP) is 2.33. The Labute approximate surface area is 118 Å². The standard InChI is InChI=1S/C15H20O5/c1-9(14(18)20-15(2,3)4)12(16)10-7-6-8-11(19-5)13(10)17/h6-8,12,16-17H,1H2,2-5H3. The summed E-state index contributed by atoms with van der Waals surface area (Å²) in [5.41, 5.74) is -0.695. The van der Waals surface area contributed by atoms with E-state index in [1.807, 2.05) is 0 Å². The van der Waals surface area contributed by atoms with Crippen molar-refractivity contribution >= 4 is 5.97 Å². The van der Waals surface area contributed by atoms with Crippen LogP contribution in [-0.4, -0.2) is 28.9 Å². The first-order valence-corrected chi connectivity index (χ1v) is 6.13. The summed E-state index contributed by atoms with van der Waals surface area (Å²) >= 11 is 0. The van der Waals surface area contributed by atoms with Gasteiger partial charge >= 0.3 is 5.97 Å². The predicted molar refractivity (Wildman–Crippen MR) is 74.6 cm³/mol. The van der Waals surface area contributed by atoms with Gasteiger partial charge in [0.25, 0.3) is 0 Å². The number of hydrogen-bond donors (Lipinski definition) is 2. The number of aliphatic hydroxyl groups excluding tert-OH is 1. The summed E-state index contributed by atoms with van der Waals surface area (Å²) in [5.74, 6) is -0.738. The van der Waals surface area contributed by atoms with Crippen LogP contribution >= 0.6 is 0 Å². The minimum absolute atomic E-state index is 0.139. The zero-order valence-electron chi connectivity index (χ0n) is 12.1. The molecule has 1 atom stereocenters. The molecule has 5 heteroatoms. The average Bonchev–Trinajstić information content (AvgIpc) is 2.35. The fourth-order valence-corrected chi connectivity index (χ4v) is 1.57. The summed E-state index contributed by atoms with van der Waals surface area (Å²) in [6, 6.07) is 4.62. The van der Waals surface area contributed by atoms with Crippen molar-refractivity contribution in [2.24, 2.45) is 0 Å². The van der Waals surface area contributed by atoms with Gasteiger partial charge in [-0.2, -0.15) is 0 Å². The molecule has 0 saturated heterocycles. The number of aromatic hydroxyl groups is 1. The number of esters is 1. The highest BCUT2D eigenvalue weighted by molar-refractivity contribution is 5.89. The summed E-state index contributed by atoms with van der Waals surface area (Å²) in [6.45, 7) is 8.68. The molecule has 0 heterocycles. The first kappa shape index (κ1) is 16.0. The van der Waals surface area contributed by atoms with E-state index in [1.165, 1.54) is 13.2 Å². The molecule has 2 N–H and O–H groups in total. The number of carbonyl (C=O) groups is 1. The molecule has 1 rings (SSSR count). The molecule has 0 aliphatic rings. The molecule has 20 heavy (non-hydrogen) atoms. The maximum atomic E-state index is 11.8. The SMILES string of the molecule is C=C(C(=O)OC(C)(C)C)C(O)c1cccc(OC)c1O. The Hall–Kier alpha value is -2.01. The molecule has 0 aliphatic carbocycles. The molecule has 0 radical (unpaired) electrons. The Bertz CT molecular complexity index is 513. The number of phenolic OH excluding ortho intramolecular Hbond substituents is 1. The number of aliphatic hydroxyl groups is 1. The summed E-state index contributed by atoms with van der Waals surface area (Å²) in [6.07, 6.45) is -1.36. The number of phenols is 1. The van der Waals surface area contributed by atoms with E-state index in [4.69, 9.17) is 9.47 Å². The fourth-order valence-electron chi connectivity index (χ4n) is 1.57. The van der Waals surface area contributed by atoms with E-state index in [9.17, 15) is 15.0 Å². The van der Waals surface area contributed by atoms with Crippen LogP contribution in [0.2, 0.25) is 0 Å². The lowest BCUT2D eigenvalue weighted by Gasteiger charge is -2.22. The number of ether oxygens (including phenoxy) is 2. The third-order valence-electron chi connectivity index (χ3n) is 2.54. The summed E-state index contributed by atoms with van der Waals surface area (Å²) in [7, 11) is 1.40. The molecule has 0 saturated carbocycles. The van der Waals surface area contributed by atoms with Crippen molar-refractivity contribution < 1.29 is 24.5 Å². The minimum Gasteiger partial charge on any atom is -0.504 e. The number of para-hydroxylation sites is 1. The summed E-state index contributed by atoms with van der Waals surface area (Å²) < 4.78 is 10.1. The second-order valence-electron chi connectivity index (χ2n) is 5.33. The van der Waals surface area contributed by atoms with Crippen LogP contribution in [0.15, 0.2) is 30.4 Å². The number of methoxy groups -OCH3 is 1. The van der Waals surface area contributed by atoms with Gasteiger partial charge in [0.2, 0.25) is 0 Å². The van der Waals surface area contributed by atoms with Crippen LogP contribution in [0.3, 0.4) is 0 Å².